The fourth-order valence-electron chi connectivity index (χ4n) is 1.94. The maximum Gasteiger partial charge on any atom is 0.419 e. The van der Waals surface area contributed by atoms with E-state index in [1.165, 1.54) is 0 Å². The number of halogens is 4. The molecule has 3 N–H and O–H groups in total. The molecule has 0 radical (unpaired) electrons. The van der Waals surface area contributed by atoms with Crippen LogP contribution in [0.1, 0.15) is 12.0 Å². The van der Waals surface area contributed by atoms with Gasteiger partial charge in [-0.2, -0.15) is 13.2 Å². The zero-order valence-corrected chi connectivity index (χ0v) is 14.9. The summed E-state index contributed by atoms with van der Waals surface area (Å²) in [7, 11) is -3.66. The number of hydrogen-bond acceptors (Lipinski definition) is 6. The lowest BCUT2D eigenvalue weighted by atomic mass is 10.2. The molecule has 0 bridgehead atoms. The second-order valence-electron chi connectivity index (χ2n) is 5.29. The lowest BCUT2D eigenvalue weighted by Crippen LogP contribution is -2.45. The molecule has 0 aliphatic rings. The third kappa shape index (κ3) is 7.02. The number of esters is 1. The number of anilines is 1. The summed E-state index contributed by atoms with van der Waals surface area (Å²) in [5, 5.41) is 10.5. The first-order valence-corrected chi connectivity index (χ1v) is 8.86. The Kier molecular flexibility index (Phi) is 7.32. The molecule has 0 spiro atoms. The Morgan fingerprint density at radius 3 is 2.36 bits per heavy atom. The van der Waals surface area contributed by atoms with Gasteiger partial charge in [-0.25, -0.2) is 17.6 Å². The number of methoxy groups -OCH3 is 1. The summed E-state index contributed by atoms with van der Waals surface area (Å²) < 4.78 is 80.9. The van der Waals surface area contributed by atoms with Crippen molar-refractivity contribution < 1.29 is 50.2 Å². The van der Waals surface area contributed by atoms with Crippen LogP contribution in [0.3, 0.4) is 0 Å². The quantitative estimate of drug-likeness (QED) is 0.408. The zero-order valence-electron chi connectivity index (χ0n) is 14.0. The van der Waals surface area contributed by atoms with Crippen molar-refractivity contribution in [2.45, 2.75) is 18.6 Å². The third-order valence-electron chi connectivity index (χ3n) is 3.07. The SMILES string of the molecule is COC(=O)C(CC(=O)O)NC(=O)CS(=O)(=O)Nc1ccc(F)c(C(F)(F)F)c1. The lowest BCUT2D eigenvalue weighted by molar-refractivity contribution is -0.149. The predicted octanol–water partition coefficient (Wildman–Crippen LogP) is 0.719. The number of benzene rings is 1. The van der Waals surface area contributed by atoms with E-state index in [1.807, 2.05) is 5.32 Å². The molecule has 0 aliphatic carbocycles. The number of rotatable bonds is 8. The number of alkyl halides is 3. The molecule has 0 saturated carbocycles. The molecule has 14 heteroatoms. The molecular weight excluding hydrogens is 416 g/mol. The number of ether oxygens (including phenoxy) is 1. The Morgan fingerprint density at radius 1 is 1.25 bits per heavy atom. The minimum atomic E-state index is -5.08. The fraction of sp³-hybridized carbons (Fsp3) is 0.357. The molecule has 1 atom stereocenters. The van der Waals surface area contributed by atoms with E-state index in [2.05, 4.69) is 4.74 Å². The molecule has 28 heavy (non-hydrogen) atoms. The van der Waals surface area contributed by atoms with Gasteiger partial charge < -0.3 is 15.2 Å². The van der Waals surface area contributed by atoms with E-state index in [1.54, 1.807) is 4.72 Å². The molecule has 156 valence electrons. The molecule has 0 aliphatic heterocycles. The Hall–Kier alpha value is -2.90. The predicted molar refractivity (Wildman–Crippen MR) is 85.0 cm³/mol. The van der Waals surface area contributed by atoms with Gasteiger partial charge in [-0.05, 0) is 18.2 Å². The highest BCUT2D eigenvalue weighted by molar-refractivity contribution is 7.93. The first kappa shape index (κ1) is 23.1. The minimum absolute atomic E-state index is 0.201. The van der Waals surface area contributed by atoms with Crippen molar-refractivity contribution in [3.8, 4) is 0 Å². The number of carboxylic acid groups (broad SMARTS) is 1. The highest BCUT2D eigenvalue weighted by Gasteiger charge is 2.34. The van der Waals surface area contributed by atoms with Gasteiger partial charge in [0.25, 0.3) is 0 Å². The summed E-state index contributed by atoms with van der Waals surface area (Å²) in [4.78, 5) is 33.8. The van der Waals surface area contributed by atoms with Crippen LogP contribution in [0.2, 0.25) is 0 Å². The van der Waals surface area contributed by atoms with Crippen LogP contribution in [-0.2, 0) is 35.3 Å². The molecule has 1 aromatic rings. The first-order chi connectivity index (χ1) is 12.7. The van der Waals surface area contributed by atoms with Gasteiger partial charge >= 0.3 is 18.1 Å². The largest absolute Gasteiger partial charge is 0.481 e. The second-order valence-corrected chi connectivity index (χ2v) is 7.02. The number of carbonyl (C=O) groups excluding carboxylic acids is 2. The van der Waals surface area contributed by atoms with E-state index in [-0.39, 0.29) is 6.07 Å². The number of aliphatic carboxylic acids is 1. The van der Waals surface area contributed by atoms with E-state index in [0.717, 1.165) is 7.11 Å². The van der Waals surface area contributed by atoms with Gasteiger partial charge in [-0.1, -0.05) is 0 Å². The molecule has 0 aromatic heterocycles. The van der Waals surface area contributed by atoms with Crippen molar-refractivity contribution in [2.24, 2.45) is 0 Å². The van der Waals surface area contributed by atoms with E-state index >= 15 is 0 Å². The Bertz CT molecular complexity index is 871. The number of amides is 1. The molecular formula is C14H14F4N2O7S. The second kappa shape index (κ2) is 8.86. The molecule has 1 unspecified atom stereocenters. The van der Waals surface area contributed by atoms with E-state index in [9.17, 15) is 40.4 Å². The van der Waals surface area contributed by atoms with Crippen molar-refractivity contribution in [1.29, 1.82) is 0 Å². The normalized spacial score (nSPS) is 12.8. The molecule has 0 saturated heterocycles. The number of carboxylic acids is 1. The summed E-state index contributed by atoms with van der Waals surface area (Å²) >= 11 is 0. The van der Waals surface area contributed by atoms with Gasteiger partial charge in [0.05, 0.1) is 19.1 Å². The van der Waals surface area contributed by atoms with E-state index in [0.29, 0.717) is 12.1 Å². The molecule has 1 aromatic carbocycles. The lowest BCUT2D eigenvalue weighted by Gasteiger charge is -2.15. The third-order valence-corrected chi connectivity index (χ3v) is 4.25. The van der Waals surface area contributed by atoms with Gasteiger partial charge in [-0.15, -0.1) is 0 Å². The van der Waals surface area contributed by atoms with Crippen LogP contribution in [0.4, 0.5) is 23.2 Å². The first-order valence-electron chi connectivity index (χ1n) is 7.21. The van der Waals surface area contributed by atoms with Crippen molar-refractivity contribution in [2.75, 3.05) is 17.6 Å². The van der Waals surface area contributed by atoms with E-state index < -0.39 is 69.3 Å². The topological polar surface area (TPSA) is 139 Å². The fourth-order valence-corrected chi connectivity index (χ4v) is 2.93. The smallest absolute Gasteiger partial charge is 0.419 e. The Morgan fingerprint density at radius 2 is 1.86 bits per heavy atom. The van der Waals surface area contributed by atoms with Crippen LogP contribution < -0.4 is 10.0 Å². The van der Waals surface area contributed by atoms with Gasteiger partial charge in [0.2, 0.25) is 15.9 Å². The molecule has 0 fully saturated rings. The maximum absolute atomic E-state index is 13.2. The zero-order chi connectivity index (χ0) is 21.7. The van der Waals surface area contributed by atoms with Crippen LogP contribution in [0.15, 0.2) is 18.2 Å². The Labute approximate surface area is 155 Å². The van der Waals surface area contributed by atoms with Crippen molar-refractivity contribution in [3.05, 3.63) is 29.6 Å². The minimum Gasteiger partial charge on any atom is -0.481 e. The average Bonchev–Trinajstić information content (AvgIpc) is 2.52. The standard InChI is InChI=1S/C14H14F4N2O7S/c1-27-13(24)10(5-12(22)23)19-11(21)6-28(25,26)20-7-2-3-9(15)8(4-7)14(16,17)18/h2-4,10,20H,5-6H2,1H3,(H,19,21)(H,22,23). The highest BCUT2D eigenvalue weighted by atomic mass is 32.2. The number of nitrogens with one attached hydrogen (secondary N) is 2. The van der Waals surface area contributed by atoms with E-state index in [4.69, 9.17) is 5.11 Å². The van der Waals surface area contributed by atoms with Crippen LogP contribution >= 0.6 is 0 Å². The monoisotopic (exact) mass is 430 g/mol. The van der Waals surface area contributed by atoms with Crippen molar-refractivity contribution in [3.63, 3.8) is 0 Å². The highest BCUT2D eigenvalue weighted by Crippen LogP contribution is 2.33. The molecule has 9 nitrogen and oxygen atoms in total. The van der Waals surface area contributed by atoms with Gasteiger partial charge in [0.15, 0.2) is 0 Å². The van der Waals surface area contributed by atoms with Gasteiger partial charge in [0, 0.05) is 5.69 Å². The van der Waals surface area contributed by atoms with Gasteiger partial charge in [-0.3, -0.25) is 14.3 Å². The van der Waals surface area contributed by atoms with Crippen LogP contribution in [0.25, 0.3) is 0 Å². The van der Waals surface area contributed by atoms with Crippen molar-refractivity contribution in [1.82, 2.24) is 5.32 Å². The number of carbonyl (C=O) groups is 3. The van der Waals surface area contributed by atoms with Crippen LogP contribution in [0, 0.1) is 5.82 Å². The summed E-state index contributed by atoms with van der Waals surface area (Å²) in [5.41, 5.74) is -2.37. The summed E-state index contributed by atoms with van der Waals surface area (Å²) in [6.45, 7) is 0. The van der Waals surface area contributed by atoms with Crippen molar-refractivity contribution >= 4 is 33.6 Å². The summed E-state index contributed by atoms with van der Waals surface area (Å²) in [5.74, 6) is -6.92. The molecule has 0 heterocycles. The summed E-state index contributed by atoms with van der Waals surface area (Å²) in [6, 6.07) is -0.373. The van der Waals surface area contributed by atoms with Crippen LogP contribution in [-0.4, -0.2) is 50.3 Å². The summed E-state index contributed by atoms with van der Waals surface area (Å²) in [6.07, 6.45) is -5.97. The molecule has 1 amide bonds. The Balaban J connectivity index is 2.90. The number of hydrogen-bond donors (Lipinski definition) is 3. The van der Waals surface area contributed by atoms with Crippen LogP contribution in [0.5, 0.6) is 0 Å². The maximum atomic E-state index is 13.2. The average molecular weight is 430 g/mol. The molecule has 1 rings (SSSR count). The van der Waals surface area contributed by atoms with Gasteiger partial charge in [0.1, 0.15) is 17.6 Å². The number of sulfonamides is 1.